The number of nitrogens with two attached hydrogens (primary N) is 2. The summed E-state index contributed by atoms with van der Waals surface area (Å²) in [5, 5.41) is 8.98. The van der Waals surface area contributed by atoms with Crippen LogP contribution in [0.2, 0.25) is 0 Å². The molecule has 1 rings (SSSR count). The summed E-state index contributed by atoms with van der Waals surface area (Å²) in [5.41, 5.74) is 11.4. The summed E-state index contributed by atoms with van der Waals surface area (Å²) in [7, 11) is 0. The molecule has 1 aromatic rings. The first-order chi connectivity index (χ1) is 7.56. The molecule has 0 radical (unpaired) electrons. The monoisotopic (exact) mass is 224 g/mol. The third-order valence-electron chi connectivity index (χ3n) is 2.25. The van der Waals surface area contributed by atoms with Crippen LogP contribution in [0.3, 0.4) is 0 Å². The van der Waals surface area contributed by atoms with Crippen LogP contribution in [0.25, 0.3) is 0 Å². The Morgan fingerprint density at radius 1 is 1.56 bits per heavy atom. The second-order valence-corrected chi connectivity index (χ2v) is 3.50. The summed E-state index contributed by atoms with van der Waals surface area (Å²) < 4.78 is 5.35. The number of aromatic carboxylic acids is 1. The molecule has 0 amide bonds. The summed E-state index contributed by atoms with van der Waals surface area (Å²) in [6.07, 6.45) is 0.769. The van der Waals surface area contributed by atoms with Crippen molar-refractivity contribution in [3.05, 3.63) is 23.8 Å². The van der Waals surface area contributed by atoms with Crippen molar-refractivity contribution < 1.29 is 14.6 Å². The van der Waals surface area contributed by atoms with Crippen LogP contribution in [0.15, 0.2) is 18.2 Å². The van der Waals surface area contributed by atoms with Crippen LogP contribution in [-0.4, -0.2) is 23.7 Å². The van der Waals surface area contributed by atoms with Gasteiger partial charge in [-0.25, -0.2) is 4.79 Å². The Balaban J connectivity index is 2.87. The number of benzene rings is 1. The summed E-state index contributed by atoms with van der Waals surface area (Å²) in [6, 6.07) is 4.63. The first kappa shape index (κ1) is 12.3. The average Bonchev–Trinajstić information content (AvgIpc) is 2.25. The van der Waals surface area contributed by atoms with E-state index in [1.165, 1.54) is 6.07 Å². The lowest BCUT2D eigenvalue weighted by Gasteiger charge is -2.13. The van der Waals surface area contributed by atoms with E-state index in [-0.39, 0.29) is 29.6 Å². The number of anilines is 1. The van der Waals surface area contributed by atoms with Gasteiger partial charge in [-0.2, -0.15) is 0 Å². The molecule has 16 heavy (non-hydrogen) atoms. The summed E-state index contributed by atoms with van der Waals surface area (Å²) >= 11 is 0. The van der Waals surface area contributed by atoms with Gasteiger partial charge in [-0.15, -0.1) is 0 Å². The van der Waals surface area contributed by atoms with Gasteiger partial charge in [0.05, 0.1) is 0 Å². The molecule has 0 fully saturated rings. The van der Waals surface area contributed by atoms with E-state index in [1.807, 2.05) is 6.92 Å². The van der Waals surface area contributed by atoms with Crippen LogP contribution in [0, 0.1) is 0 Å². The van der Waals surface area contributed by atoms with Gasteiger partial charge in [0.2, 0.25) is 0 Å². The smallest absolute Gasteiger partial charge is 0.341 e. The van der Waals surface area contributed by atoms with Gasteiger partial charge < -0.3 is 21.3 Å². The number of hydrogen-bond acceptors (Lipinski definition) is 4. The first-order valence-corrected chi connectivity index (χ1v) is 5.06. The Kier molecular flexibility index (Phi) is 4.13. The van der Waals surface area contributed by atoms with Gasteiger partial charge in [0.25, 0.3) is 0 Å². The van der Waals surface area contributed by atoms with Crippen LogP contribution in [0.4, 0.5) is 5.69 Å². The van der Waals surface area contributed by atoms with Gasteiger partial charge in [0.15, 0.2) is 0 Å². The zero-order chi connectivity index (χ0) is 12.1. The van der Waals surface area contributed by atoms with Crippen molar-refractivity contribution in [1.82, 2.24) is 0 Å². The molecule has 5 heteroatoms. The minimum absolute atomic E-state index is 0.00852. The SMILES string of the molecule is CCC(N)COc1cccc(N)c1C(=O)O. The van der Waals surface area contributed by atoms with Crippen molar-refractivity contribution in [3.63, 3.8) is 0 Å². The minimum atomic E-state index is -1.10. The van der Waals surface area contributed by atoms with Crippen LogP contribution in [0.1, 0.15) is 23.7 Å². The molecular formula is C11H16N2O3. The number of hydrogen-bond donors (Lipinski definition) is 3. The lowest BCUT2D eigenvalue weighted by molar-refractivity contribution is 0.0693. The highest BCUT2D eigenvalue weighted by Crippen LogP contribution is 2.24. The van der Waals surface area contributed by atoms with Crippen LogP contribution in [-0.2, 0) is 0 Å². The fourth-order valence-electron chi connectivity index (χ4n) is 1.21. The molecule has 0 aliphatic heterocycles. The number of carbonyl (C=O) groups is 1. The van der Waals surface area contributed by atoms with Crippen molar-refractivity contribution in [2.45, 2.75) is 19.4 Å². The molecule has 0 saturated heterocycles. The van der Waals surface area contributed by atoms with Crippen LogP contribution >= 0.6 is 0 Å². The molecule has 0 bridgehead atoms. The molecule has 88 valence electrons. The zero-order valence-electron chi connectivity index (χ0n) is 9.14. The quantitative estimate of drug-likeness (QED) is 0.650. The second kappa shape index (κ2) is 5.37. The van der Waals surface area contributed by atoms with Crippen molar-refractivity contribution in [2.24, 2.45) is 5.73 Å². The Morgan fingerprint density at radius 3 is 2.81 bits per heavy atom. The van der Waals surface area contributed by atoms with E-state index < -0.39 is 5.97 Å². The van der Waals surface area contributed by atoms with E-state index in [1.54, 1.807) is 12.1 Å². The number of carboxylic acid groups (broad SMARTS) is 1. The topological polar surface area (TPSA) is 98.6 Å². The number of nitrogen functional groups attached to an aromatic ring is 1. The predicted octanol–water partition coefficient (Wildman–Crippen LogP) is 1.08. The van der Waals surface area contributed by atoms with E-state index in [2.05, 4.69) is 0 Å². The predicted molar refractivity (Wildman–Crippen MR) is 61.6 cm³/mol. The lowest BCUT2D eigenvalue weighted by atomic mass is 10.1. The number of carboxylic acids is 1. The molecule has 1 unspecified atom stereocenters. The summed E-state index contributed by atoms with van der Waals surface area (Å²) in [6.45, 7) is 2.21. The standard InChI is InChI=1S/C11H16N2O3/c1-2-7(12)6-16-9-5-3-4-8(13)10(9)11(14)15/h3-5,7H,2,6,12-13H2,1H3,(H,14,15). The maximum atomic E-state index is 11.0. The van der Waals surface area contributed by atoms with Crippen molar-refractivity contribution in [1.29, 1.82) is 0 Å². The fraction of sp³-hybridized carbons (Fsp3) is 0.364. The van der Waals surface area contributed by atoms with E-state index in [0.717, 1.165) is 6.42 Å². The maximum absolute atomic E-state index is 11.0. The average molecular weight is 224 g/mol. The van der Waals surface area contributed by atoms with E-state index in [4.69, 9.17) is 21.3 Å². The molecule has 1 atom stereocenters. The third kappa shape index (κ3) is 2.87. The van der Waals surface area contributed by atoms with Crippen LogP contribution in [0.5, 0.6) is 5.75 Å². The van der Waals surface area contributed by atoms with E-state index >= 15 is 0 Å². The third-order valence-corrected chi connectivity index (χ3v) is 2.25. The number of rotatable bonds is 5. The molecule has 0 spiro atoms. The Bertz CT molecular complexity index is 379. The van der Waals surface area contributed by atoms with Gasteiger partial charge in [0.1, 0.15) is 17.9 Å². The number of ether oxygens (including phenoxy) is 1. The summed E-state index contributed by atoms with van der Waals surface area (Å²) in [5.74, 6) is -0.838. The van der Waals surface area contributed by atoms with Crippen molar-refractivity contribution in [3.8, 4) is 5.75 Å². The van der Waals surface area contributed by atoms with Crippen molar-refractivity contribution in [2.75, 3.05) is 12.3 Å². The molecule has 0 aromatic heterocycles. The lowest BCUT2D eigenvalue weighted by Crippen LogP contribution is -2.27. The molecule has 0 saturated carbocycles. The molecule has 5 nitrogen and oxygen atoms in total. The highest BCUT2D eigenvalue weighted by Gasteiger charge is 2.15. The molecular weight excluding hydrogens is 208 g/mol. The largest absolute Gasteiger partial charge is 0.491 e. The Labute approximate surface area is 94.0 Å². The molecule has 0 aliphatic carbocycles. The molecule has 5 N–H and O–H groups in total. The van der Waals surface area contributed by atoms with Crippen LogP contribution < -0.4 is 16.2 Å². The van der Waals surface area contributed by atoms with Gasteiger partial charge in [-0.3, -0.25) is 0 Å². The van der Waals surface area contributed by atoms with E-state index in [9.17, 15) is 4.79 Å². The Hall–Kier alpha value is -1.75. The first-order valence-electron chi connectivity index (χ1n) is 5.06. The molecule has 0 aliphatic rings. The van der Waals surface area contributed by atoms with Gasteiger partial charge in [0, 0.05) is 11.7 Å². The molecule has 0 heterocycles. The van der Waals surface area contributed by atoms with Crippen molar-refractivity contribution >= 4 is 11.7 Å². The van der Waals surface area contributed by atoms with Gasteiger partial charge in [-0.05, 0) is 18.6 Å². The van der Waals surface area contributed by atoms with E-state index in [0.29, 0.717) is 0 Å². The zero-order valence-corrected chi connectivity index (χ0v) is 9.14. The van der Waals surface area contributed by atoms with Gasteiger partial charge in [-0.1, -0.05) is 13.0 Å². The second-order valence-electron chi connectivity index (χ2n) is 3.50. The van der Waals surface area contributed by atoms with Gasteiger partial charge >= 0.3 is 5.97 Å². The Morgan fingerprint density at radius 2 is 2.25 bits per heavy atom. The minimum Gasteiger partial charge on any atom is -0.491 e. The highest BCUT2D eigenvalue weighted by atomic mass is 16.5. The maximum Gasteiger partial charge on any atom is 0.341 e. The normalized spacial score (nSPS) is 12.1. The highest BCUT2D eigenvalue weighted by molar-refractivity contribution is 5.96. The molecule has 1 aromatic carbocycles. The fourth-order valence-corrected chi connectivity index (χ4v) is 1.21. The summed E-state index contributed by atoms with van der Waals surface area (Å²) in [4.78, 5) is 11.0.